The molecule has 128 valence electrons. The molecule has 1 aliphatic rings. The number of halogens is 2. The number of nitrogens with zero attached hydrogens (tertiary/aromatic N) is 3. The van der Waals surface area contributed by atoms with Gasteiger partial charge in [-0.1, -0.05) is 43.4 Å². The average molecular weight is 366 g/mol. The Labute approximate surface area is 152 Å². The van der Waals surface area contributed by atoms with Crippen LogP contribution < -0.4 is 10.6 Å². The SMILES string of the molecule is Cc1ccc(Nc2nc(Cl)nc(NC3CCCCCC3)n2)cc1Cl. The maximum Gasteiger partial charge on any atom is 0.233 e. The van der Waals surface area contributed by atoms with Crippen molar-refractivity contribution in [2.45, 2.75) is 51.5 Å². The Kier molecular flexibility index (Phi) is 5.74. The number of aryl methyl sites for hydroxylation is 1. The van der Waals surface area contributed by atoms with E-state index in [4.69, 9.17) is 23.2 Å². The predicted molar refractivity (Wildman–Crippen MR) is 99.4 cm³/mol. The summed E-state index contributed by atoms with van der Waals surface area (Å²) in [7, 11) is 0. The first-order chi connectivity index (χ1) is 11.6. The van der Waals surface area contributed by atoms with Gasteiger partial charge in [0.15, 0.2) is 0 Å². The van der Waals surface area contributed by atoms with E-state index in [0.29, 0.717) is 23.0 Å². The fourth-order valence-electron chi connectivity index (χ4n) is 2.88. The summed E-state index contributed by atoms with van der Waals surface area (Å²) in [5.41, 5.74) is 1.83. The van der Waals surface area contributed by atoms with E-state index in [-0.39, 0.29) is 5.28 Å². The van der Waals surface area contributed by atoms with Crippen LogP contribution in [-0.2, 0) is 0 Å². The molecule has 2 N–H and O–H groups in total. The molecule has 1 aliphatic carbocycles. The Bertz CT molecular complexity index is 699. The van der Waals surface area contributed by atoms with Crippen LogP contribution in [0.1, 0.15) is 44.1 Å². The molecule has 1 aromatic carbocycles. The maximum absolute atomic E-state index is 6.16. The molecule has 0 bridgehead atoms. The minimum absolute atomic E-state index is 0.168. The van der Waals surface area contributed by atoms with Crippen LogP contribution in [0.4, 0.5) is 17.6 Å². The summed E-state index contributed by atoms with van der Waals surface area (Å²) in [5, 5.41) is 7.39. The predicted octanol–water partition coefficient (Wildman–Crippen LogP) is 5.37. The minimum Gasteiger partial charge on any atom is -0.351 e. The van der Waals surface area contributed by atoms with Gasteiger partial charge < -0.3 is 10.6 Å². The molecule has 0 atom stereocenters. The van der Waals surface area contributed by atoms with Crippen LogP contribution in [0.5, 0.6) is 0 Å². The van der Waals surface area contributed by atoms with Crippen molar-refractivity contribution >= 4 is 40.8 Å². The van der Waals surface area contributed by atoms with Gasteiger partial charge in [-0.05, 0) is 49.1 Å². The number of nitrogens with one attached hydrogen (secondary N) is 2. The topological polar surface area (TPSA) is 62.7 Å². The van der Waals surface area contributed by atoms with Gasteiger partial charge in [-0.15, -0.1) is 0 Å². The number of rotatable bonds is 4. The lowest BCUT2D eigenvalue weighted by atomic mass is 10.1. The largest absolute Gasteiger partial charge is 0.351 e. The van der Waals surface area contributed by atoms with Crippen LogP contribution >= 0.6 is 23.2 Å². The normalized spacial score (nSPS) is 15.8. The molecule has 1 fully saturated rings. The number of hydrogen-bond donors (Lipinski definition) is 2. The Morgan fingerprint density at radius 3 is 2.38 bits per heavy atom. The summed E-state index contributed by atoms with van der Waals surface area (Å²) in [6.07, 6.45) is 7.36. The van der Waals surface area contributed by atoms with Crippen molar-refractivity contribution in [3.63, 3.8) is 0 Å². The first kappa shape index (κ1) is 17.2. The Balaban J connectivity index is 1.74. The summed E-state index contributed by atoms with van der Waals surface area (Å²) < 4.78 is 0. The molecule has 0 amide bonds. The molecule has 0 radical (unpaired) electrons. The summed E-state index contributed by atoms with van der Waals surface area (Å²) in [6, 6.07) is 6.11. The quantitative estimate of drug-likeness (QED) is 0.713. The van der Waals surface area contributed by atoms with Crippen molar-refractivity contribution in [1.82, 2.24) is 15.0 Å². The van der Waals surface area contributed by atoms with Crippen molar-refractivity contribution in [2.75, 3.05) is 10.6 Å². The third-order valence-electron chi connectivity index (χ3n) is 4.22. The van der Waals surface area contributed by atoms with E-state index < -0.39 is 0 Å². The number of benzene rings is 1. The van der Waals surface area contributed by atoms with Gasteiger partial charge in [0.05, 0.1) is 0 Å². The van der Waals surface area contributed by atoms with Crippen LogP contribution in [-0.4, -0.2) is 21.0 Å². The van der Waals surface area contributed by atoms with E-state index in [1.165, 1.54) is 25.7 Å². The van der Waals surface area contributed by atoms with E-state index in [2.05, 4.69) is 25.6 Å². The van der Waals surface area contributed by atoms with E-state index >= 15 is 0 Å². The first-order valence-electron chi connectivity index (χ1n) is 8.31. The molecule has 0 unspecified atom stereocenters. The van der Waals surface area contributed by atoms with E-state index in [1.807, 2.05) is 25.1 Å². The molecule has 1 heterocycles. The molecule has 0 aliphatic heterocycles. The smallest absolute Gasteiger partial charge is 0.233 e. The van der Waals surface area contributed by atoms with Crippen molar-refractivity contribution in [2.24, 2.45) is 0 Å². The Morgan fingerprint density at radius 2 is 1.67 bits per heavy atom. The monoisotopic (exact) mass is 365 g/mol. The van der Waals surface area contributed by atoms with Crippen LogP contribution in [0.15, 0.2) is 18.2 Å². The van der Waals surface area contributed by atoms with Crippen LogP contribution in [0.25, 0.3) is 0 Å². The molecular weight excluding hydrogens is 345 g/mol. The fourth-order valence-corrected chi connectivity index (χ4v) is 3.22. The van der Waals surface area contributed by atoms with Gasteiger partial charge in [0, 0.05) is 16.8 Å². The van der Waals surface area contributed by atoms with Gasteiger partial charge in [0.2, 0.25) is 17.2 Å². The van der Waals surface area contributed by atoms with Gasteiger partial charge in [-0.2, -0.15) is 15.0 Å². The molecule has 1 saturated carbocycles. The van der Waals surface area contributed by atoms with Gasteiger partial charge in [-0.25, -0.2) is 0 Å². The first-order valence-corrected chi connectivity index (χ1v) is 9.07. The summed E-state index contributed by atoms with van der Waals surface area (Å²) in [4.78, 5) is 12.8. The van der Waals surface area contributed by atoms with Crippen molar-refractivity contribution < 1.29 is 0 Å². The van der Waals surface area contributed by atoms with Gasteiger partial charge in [-0.3, -0.25) is 0 Å². The molecule has 5 nitrogen and oxygen atoms in total. The molecule has 7 heteroatoms. The highest BCUT2D eigenvalue weighted by Gasteiger charge is 2.14. The molecule has 3 rings (SSSR count). The standard InChI is InChI=1S/C17H21Cl2N5/c1-11-8-9-13(10-14(11)18)21-17-23-15(19)22-16(24-17)20-12-6-4-2-3-5-7-12/h8-10,12H,2-7H2,1H3,(H2,20,21,22,23,24). The minimum atomic E-state index is 0.168. The maximum atomic E-state index is 6.16. The van der Waals surface area contributed by atoms with Gasteiger partial charge in [0.25, 0.3) is 0 Å². The zero-order valence-corrected chi connectivity index (χ0v) is 15.2. The second-order valence-electron chi connectivity index (χ2n) is 6.17. The third kappa shape index (κ3) is 4.71. The second kappa shape index (κ2) is 7.99. The highest BCUT2D eigenvalue weighted by molar-refractivity contribution is 6.31. The van der Waals surface area contributed by atoms with E-state index in [9.17, 15) is 0 Å². The highest BCUT2D eigenvalue weighted by atomic mass is 35.5. The van der Waals surface area contributed by atoms with Crippen molar-refractivity contribution in [1.29, 1.82) is 0 Å². The fraction of sp³-hybridized carbons (Fsp3) is 0.471. The third-order valence-corrected chi connectivity index (χ3v) is 4.80. The number of aromatic nitrogens is 3. The average Bonchev–Trinajstić information content (AvgIpc) is 2.79. The van der Waals surface area contributed by atoms with Gasteiger partial charge >= 0.3 is 0 Å². The van der Waals surface area contributed by atoms with E-state index in [1.54, 1.807) is 0 Å². The molecule has 24 heavy (non-hydrogen) atoms. The molecule has 1 aromatic heterocycles. The number of hydrogen-bond acceptors (Lipinski definition) is 5. The van der Waals surface area contributed by atoms with Crippen LogP contribution in [0.2, 0.25) is 10.3 Å². The molecular formula is C17H21Cl2N5. The zero-order chi connectivity index (χ0) is 16.9. The molecule has 0 spiro atoms. The zero-order valence-electron chi connectivity index (χ0n) is 13.6. The molecule has 2 aromatic rings. The summed E-state index contributed by atoms with van der Waals surface area (Å²) >= 11 is 12.2. The van der Waals surface area contributed by atoms with Crippen molar-refractivity contribution in [3.8, 4) is 0 Å². The Morgan fingerprint density at radius 1 is 0.958 bits per heavy atom. The van der Waals surface area contributed by atoms with Crippen LogP contribution in [0.3, 0.4) is 0 Å². The van der Waals surface area contributed by atoms with Crippen LogP contribution in [0, 0.1) is 6.92 Å². The van der Waals surface area contributed by atoms with Crippen molar-refractivity contribution in [3.05, 3.63) is 34.1 Å². The van der Waals surface area contributed by atoms with E-state index in [0.717, 1.165) is 24.1 Å². The Hall–Kier alpha value is -1.59. The number of anilines is 3. The lowest BCUT2D eigenvalue weighted by molar-refractivity contribution is 0.614. The lowest BCUT2D eigenvalue weighted by Crippen LogP contribution is -2.20. The second-order valence-corrected chi connectivity index (χ2v) is 6.92. The highest BCUT2D eigenvalue weighted by Crippen LogP contribution is 2.24. The molecule has 0 saturated heterocycles. The van der Waals surface area contributed by atoms with Gasteiger partial charge in [0.1, 0.15) is 0 Å². The summed E-state index contributed by atoms with van der Waals surface area (Å²) in [6.45, 7) is 1.96. The summed E-state index contributed by atoms with van der Waals surface area (Å²) in [5.74, 6) is 0.925. The lowest BCUT2D eigenvalue weighted by Gasteiger charge is -2.16.